The second-order valence-electron chi connectivity index (χ2n) is 4.62. The summed E-state index contributed by atoms with van der Waals surface area (Å²) < 4.78 is 19.1. The van der Waals surface area contributed by atoms with Crippen LogP contribution in [0.2, 0.25) is 5.02 Å². The van der Waals surface area contributed by atoms with Gasteiger partial charge in [0, 0.05) is 11.6 Å². The zero-order valence-electron chi connectivity index (χ0n) is 10.3. The number of halogens is 2. The number of hydrogen-bond acceptors (Lipinski definition) is 3. The highest BCUT2D eigenvalue weighted by Crippen LogP contribution is 2.38. The average molecular weight is 274 g/mol. The van der Waals surface area contributed by atoms with Crippen LogP contribution in [0.3, 0.4) is 0 Å². The van der Waals surface area contributed by atoms with Crippen molar-refractivity contribution in [2.75, 3.05) is 20.2 Å². The van der Waals surface area contributed by atoms with E-state index in [0.717, 1.165) is 25.9 Å². The highest BCUT2D eigenvalue weighted by Gasteiger charge is 2.22. The number of aromatic hydroxyl groups is 1. The topological polar surface area (TPSA) is 41.5 Å². The van der Waals surface area contributed by atoms with Gasteiger partial charge in [0.25, 0.3) is 0 Å². The highest BCUT2D eigenvalue weighted by molar-refractivity contribution is 6.31. The van der Waals surface area contributed by atoms with E-state index in [9.17, 15) is 9.50 Å². The first-order valence-corrected chi connectivity index (χ1v) is 6.45. The van der Waals surface area contributed by atoms with E-state index < -0.39 is 5.82 Å². The zero-order chi connectivity index (χ0) is 13.1. The molecule has 2 rings (SSSR count). The summed E-state index contributed by atoms with van der Waals surface area (Å²) >= 11 is 5.76. The van der Waals surface area contributed by atoms with E-state index in [-0.39, 0.29) is 16.5 Å². The lowest BCUT2D eigenvalue weighted by Crippen LogP contribution is -2.31. The number of phenolic OH excluding ortho intramolecular Hbond substituents is 1. The minimum absolute atomic E-state index is 0.0629. The molecule has 1 fully saturated rings. The summed E-state index contributed by atoms with van der Waals surface area (Å²) in [5.41, 5.74) is 0.371. The number of rotatable bonds is 3. The Morgan fingerprint density at radius 2 is 2.39 bits per heavy atom. The molecule has 0 aliphatic carbocycles. The first-order valence-electron chi connectivity index (χ1n) is 6.08. The quantitative estimate of drug-likeness (QED) is 0.890. The van der Waals surface area contributed by atoms with Crippen LogP contribution in [-0.4, -0.2) is 25.3 Å². The molecular formula is C13H17ClFNO2. The van der Waals surface area contributed by atoms with Crippen molar-refractivity contribution < 1.29 is 14.2 Å². The van der Waals surface area contributed by atoms with Gasteiger partial charge in [0.2, 0.25) is 0 Å². The molecule has 0 amide bonds. The molecule has 18 heavy (non-hydrogen) atoms. The third kappa shape index (κ3) is 2.70. The molecule has 0 radical (unpaired) electrons. The lowest BCUT2D eigenvalue weighted by Gasteiger charge is -2.24. The summed E-state index contributed by atoms with van der Waals surface area (Å²) in [6.07, 6.45) is 2.65. The van der Waals surface area contributed by atoms with E-state index in [2.05, 4.69) is 5.32 Å². The van der Waals surface area contributed by atoms with Crippen molar-refractivity contribution in [1.82, 2.24) is 5.32 Å². The smallest absolute Gasteiger partial charge is 0.166 e. The lowest BCUT2D eigenvalue weighted by atomic mass is 9.91. The normalized spacial score (nSPS) is 19.8. The van der Waals surface area contributed by atoms with Gasteiger partial charge in [0.1, 0.15) is 5.82 Å². The van der Waals surface area contributed by atoms with Crippen molar-refractivity contribution in [2.24, 2.45) is 5.92 Å². The predicted molar refractivity (Wildman–Crippen MR) is 68.9 cm³/mol. The number of nitrogens with one attached hydrogen (secondary N) is 1. The number of piperidine rings is 1. The van der Waals surface area contributed by atoms with E-state index in [1.54, 1.807) is 0 Å². The zero-order valence-corrected chi connectivity index (χ0v) is 11.1. The molecule has 0 saturated carbocycles. The summed E-state index contributed by atoms with van der Waals surface area (Å²) in [6, 6.07) is 1.18. The van der Waals surface area contributed by atoms with Gasteiger partial charge >= 0.3 is 0 Å². The van der Waals surface area contributed by atoms with Crippen molar-refractivity contribution in [1.29, 1.82) is 0 Å². The standard InChI is InChI=1S/C13H17ClFNO2/c1-18-13-9(5-8-3-2-4-16-7-8)12(15)10(14)6-11(13)17/h6,8,16-17H,2-5,7H2,1H3. The van der Waals surface area contributed by atoms with Crippen LogP contribution in [0.25, 0.3) is 0 Å². The van der Waals surface area contributed by atoms with Gasteiger partial charge in [0.15, 0.2) is 11.5 Å². The van der Waals surface area contributed by atoms with Crippen molar-refractivity contribution in [2.45, 2.75) is 19.3 Å². The number of methoxy groups -OCH3 is 1. The summed E-state index contributed by atoms with van der Waals surface area (Å²) in [6.45, 7) is 1.87. The molecule has 100 valence electrons. The van der Waals surface area contributed by atoms with Gasteiger partial charge < -0.3 is 15.2 Å². The number of ether oxygens (including phenoxy) is 1. The largest absolute Gasteiger partial charge is 0.504 e. The second kappa shape index (κ2) is 5.76. The van der Waals surface area contributed by atoms with Crippen LogP contribution >= 0.6 is 11.6 Å². The average Bonchev–Trinajstić information content (AvgIpc) is 2.37. The van der Waals surface area contributed by atoms with Gasteiger partial charge in [-0.05, 0) is 38.3 Å². The molecule has 1 aliphatic heterocycles. The summed E-state index contributed by atoms with van der Waals surface area (Å²) in [7, 11) is 1.42. The minimum atomic E-state index is -0.489. The van der Waals surface area contributed by atoms with Gasteiger partial charge in [-0.2, -0.15) is 0 Å². The van der Waals surface area contributed by atoms with E-state index in [1.807, 2.05) is 0 Å². The summed E-state index contributed by atoms with van der Waals surface area (Å²) in [5.74, 6) is -0.0537. The maximum atomic E-state index is 14.0. The highest BCUT2D eigenvalue weighted by atomic mass is 35.5. The number of phenols is 1. The van der Waals surface area contributed by atoms with Gasteiger partial charge in [-0.15, -0.1) is 0 Å². The molecule has 1 aliphatic rings. The maximum Gasteiger partial charge on any atom is 0.166 e. The van der Waals surface area contributed by atoms with Gasteiger partial charge in [0.05, 0.1) is 12.1 Å². The Balaban J connectivity index is 2.29. The predicted octanol–water partition coefficient (Wildman–Crippen LogP) is 2.74. The fourth-order valence-corrected chi connectivity index (χ4v) is 2.66. The Morgan fingerprint density at radius 3 is 3.00 bits per heavy atom. The van der Waals surface area contributed by atoms with Crippen molar-refractivity contribution in [3.63, 3.8) is 0 Å². The van der Waals surface area contributed by atoms with Crippen LogP contribution in [0, 0.1) is 11.7 Å². The molecule has 1 aromatic carbocycles. The second-order valence-corrected chi connectivity index (χ2v) is 5.03. The third-order valence-electron chi connectivity index (χ3n) is 3.34. The van der Waals surface area contributed by atoms with Crippen LogP contribution in [0.4, 0.5) is 4.39 Å². The summed E-state index contributed by atoms with van der Waals surface area (Å²) in [4.78, 5) is 0. The molecule has 1 atom stereocenters. The molecule has 1 saturated heterocycles. The SMILES string of the molecule is COc1c(O)cc(Cl)c(F)c1CC1CCCNC1. The molecule has 1 unspecified atom stereocenters. The Bertz CT molecular complexity index is 433. The van der Waals surface area contributed by atoms with Crippen LogP contribution in [0.15, 0.2) is 6.07 Å². The maximum absolute atomic E-state index is 14.0. The van der Waals surface area contributed by atoms with E-state index in [4.69, 9.17) is 16.3 Å². The summed E-state index contributed by atoms with van der Waals surface area (Å²) in [5, 5.41) is 13.0. The fraction of sp³-hybridized carbons (Fsp3) is 0.538. The van der Waals surface area contributed by atoms with Gasteiger partial charge in [-0.25, -0.2) is 4.39 Å². The Morgan fingerprint density at radius 1 is 1.61 bits per heavy atom. The monoisotopic (exact) mass is 273 g/mol. The molecule has 3 nitrogen and oxygen atoms in total. The molecule has 0 aromatic heterocycles. The first-order chi connectivity index (χ1) is 8.63. The lowest BCUT2D eigenvalue weighted by molar-refractivity contribution is 0.343. The van der Waals surface area contributed by atoms with Crippen LogP contribution in [0.1, 0.15) is 18.4 Å². The Kier molecular flexibility index (Phi) is 4.30. The van der Waals surface area contributed by atoms with Crippen molar-refractivity contribution in [3.05, 3.63) is 22.5 Å². The van der Waals surface area contributed by atoms with E-state index in [1.165, 1.54) is 13.2 Å². The Hall–Kier alpha value is -1.00. The molecule has 0 bridgehead atoms. The van der Waals surface area contributed by atoms with Crippen LogP contribution in [-0.2, 0) is 6.42 Å². The number of hydrogen-bond donors (Lipinski definition) is 2. The molecular weight excluding hydrogens is 257 g/mol. The van der Waals surface area contributed by atoms with Gasteiger partial charge in [-0.1, -0.05) is 11.6 Å². The Labute approximate surface area is 111 Å². The molecule has 1 heterocycles. The van der Waals surface area contributed by atoms with E-state index >= 15 is 0 Å². The van der Waals surface area contributed by atoms with Crippen LogP contribution < -0.4 is 10.1 Å². The van der Waals surface area contributed by atoms with Crippen molar-refractivity contribution in [3.8, 4) is 11.5 Å². The number of benzene rings is 1. The molecule has 5 heteroatoms. The third-order valence-corrected chi connectivity index (χ3v) is 3.62. The minimum Gasteiger partial charge on any atom is -0.504 e. The van der Waals surface area contributed by atoms with Crippen molar-refractivity contribution >= 4 is 11.6 Å². The van der Waals surface area contributed by atoms with E-state index in [0.29, 0.717) is 17.9 Å². The fourth-order valence-electron chi connectivity index (χ4n) is 2.44. The van der Waals surface area contributed by atoms with Gasteiger partial charge in [-0.3, -0.25) is 0 Å². The first kappa shape index (κ1) is 13.4. The van der Waals surface area contributed by atoms with Crippen LogP contribution in [0.5, 0.6) is 11.5 Å². The molecule has 0 spiro atoms. The molecule has 1 aromatic rings. The molecule has 2 N–H and O–H groups in total.